The molecule has 1 saturated heterocycles. The lowest BCUT2D eigenvalue weighted by molar-refractivity contribution is -0.108. The number of alkyl halides is 2. The quantitative estimate of drug-likeness (QED) is 0.823. The summed E-state index contributed by atoms with van der Waals surface area (Å²) in [6.45, 7) is 3.62. The summed E-state index contributed by atoms with van der Waals surface area (Å²) in [4.78, 5) is 18.8. The van der Waals surface area contributed by atoms with Crippen LogP contribution < -0.4 is 5.32 Å². The van der Waals surface area contributed by atoms with Gasteiger partial charge in [0.15, 0.2) is 0 Å². The topological polar surface area (TPSA) is 69.0 Å². The van der Waals surface area contributed by atoms with Gasteiger partial charge in [0.2, 0.25) is 5.92 Å². The highest BCUT2D eigenvalue weighted by molar-refractivity contribution is 5.87. The zero-order valence-corrected chi connectivity index (χ0v) is 16.4. The van der Waals surface area contributed by atoms with E-state index in [1.54, 1.807) is 17.2 Å². The van der Waals surface area contributed by atoms with Gasteiger partial charge in [-0.2, -0.15) is 5.26 Å². The van der Waals surface area contributed by atoms with Gasteiger partial charge in [-0.25, -0.2) is 13.6 Å². The van der Waals surface area contributed by atoms with E-state index in [0.29, 0.717) is 36.6 Å². The standard InChI is InChI=1S/C22H24F2N4O.H2/c1-14-7-17(18-5-4-16(10-25)20-19(18)3-2-6-26-20)13-28(12-14)21(29)27-11-15-8-22(23,24)9-15;/h2-6,14-15,17H,7-9,11-13H2,1H3,(H,27,29);1H. The number of nitrogens with zero attached hydrogens (tertiary/aromatic N) is 3. The second kappa shape index (κ2) is 7.58. The van der Waals surface area contributed by atoms with Crippen molar-refractivity contribution < 1.29 is 15.0 Å². The van der Waals surface area contributed by atoms with Gasteiger partial charge in [0.25, 0.3) is 0 Å². The Kier molecular flexibility index (Phi) is 5.12. The van der Waals surface area contributed by atoms with Crippen LogP contribution in [0.4, 0.5) is 13.6 Å². The molecule has 4 rings (SSSR count). The van der Waals surface area contributed by atoms with E-state index in [4.69, 9.17) is 0 Å². The Morgan fingerprint density at radius 2 is 2.17 bits per heavy atom. The summed E-state index contributed by atoms with van der Waals surface area (Å²) in [5.74, 6) is -2.25. The summed E-state index contributed by atoms with van der Waals surface area (Å²) in [6, 6.07) is 9.60. The Bertz CT molecular complexity index is 969. The lowest BCUT2D eigenvalue weighted by atomic mass is 9.81. The van der Waals surface area contributed by atoms with Crippen LogP contribution >= 0.6 is 0 Å². The molecule has 0 radical (unpaired) electrons. The molecule has 2 amide bonds. The number of piperidine rings is 1. The molecule has 2 aromatic rings. The fourth-order valence-corrected chi connectivity index (χ4v) is 4.66. The minimum atomic E-state index is -2.56. The molecule has 2 aliphatic rings. The molecule has 7 heteroatoms. The van der Waals surface area contributed by atoms with E-state index in [-0.39, 0.29) is 32.1 Å². The van der Waals surface area contributed by atoms with Crippen LogP contribution in [-0.2, 0) is 0 Å². The first-order valence-electron chi connectivity index (χ1n) is 10.0. The highest BCUT2D eigenvalue weighted by atomic mass is 19.3. The third kappa shape index (κ3) is 4.02. The Labute approximate surface area is 170 Å². The number of carbonyl (C=O) groups excluding carboxylic acids is 1. The minimum Gasteiger partial charge on any atom is -0.338 e. The fraction of sp³-hybridized carbons (Fsp3) is 0.500. The number of likely N-dealkylation sites (tertiary alicyclic amines) is 1. The van der Waals surface area contributed by atoms with Crippen molar-refractivity contribution in [3.63, 3.8) is 0 Å². The highest BCUT2D eigenvalue weighted by Gasteiger charge is 2.45. The molecule has 1 aromatic carbocycles. The highest BCUT2D eigenvalue weighted by Crippen LogP contribution is 2.42. The number of hydrogen-bond donors (Lipinski definition) is 1. The number of carbonyl (C=O) groups is 1. The van der Waals surface area contributed by atoms with Crippen LogP contribution in [0, 0.1) is 23.2 Å². The Morgan fingerprint density at radius 1 is 1.38 bits per heavy atom. The van der Waals surface area contributed by atoms with Crippen molar-refractivity contribution in [2.75, 3.05) is 19.6 Å². The monoisotopic (exact) mass is 400 g/mol. The number of halogens is 2. The first-order valence-corrected chi connectivity index (χ1v) is 10.0. The van der Waals surface area contributed by atoms with Crippen LogP contribution in [0.5, 0.6) is 0 Å². The van der Waals surface area contributed by atoms with Gasteiger partial charge in [0.05, 0.1) is 11.1 Å². The van der Waals surface area contributed by atoms with E-state index >= 15 is 0 Å². The molecule has 1 saturated carbocycles. The molecule has 154 valence electrons. The Balaban J connectivity index is 0.00000256. The van der Waals surface area contributed by atoms with Crippen LogP contribution in [0.3, 0.4) is 0 Å². The van der Waals surface area contributed by atoms with Gasteiger partial charge in [0.1, 0.15) is 6.07 Å². The number of nitrogens with one attached hydrogen (secondary N) is 1. The Morgan fingerprint density at radius 3 is 2.90 bits per heavy atom. The van der Waals surface area contributed by atoms with E-state index in [1.165, 1.54) is 0 Å². The van der Waals surface area contributed by atoms with Gasteiger partial charge in [-0.05, 0) is 36.0 Å². The van der Waals surface area contributed by atoms with Crippen LogP contribution in [0.1, 0.15) is 44.7 Å². The molecule has 0 spiro atoms. The summed E-state index contributed by atoms with van der Waals surface area (Å²) in [6.07, 6.45) is 2.34. The third-order valence-electron chi connectivity index (χ3n) is 6.03. The first kappa shape index (κ1) is 19.6. The van der Waals surface area contributed by atoms with Crippen molar-refractivity contribution in [3.8, 4) is 6.07 Å². The molecule has 1 aliphatic carbocycles. The van der Waals surface area contributed by atoms with Crippen LogP contribution in [-0.4, -0.2) is 41.5 Å². The largest absolute Gasteiger partial charge is 0.338 e. The fourth-order valence-electron chi connectivity index (χ4n) is 4.66. The third-order valence-corrected chi connectivity index (χ3v) is 6.03. The predicted molar refractivity (Wildman–Crippen MR) is 108 cm³/mol. The molecule has 2 atom stereocenters. The predicted octanol–water partition coefficient (Wildman–Crippen LogP) is 4.53. The van der Waals surface area contributed by atoms with Crippen LogP contribution in [0.15, 0.2) is 30.5 Å². The van der Waals surface area contributed by atoms with Crippen molar-refractivity contribution in [3.05, 3.63) is 41.6 Å². The first-order chi connectivity index (χ1) is 13.9. The summed E-state index contributed by atoms with van der Waals surface area (Å²) in [5, 5.41) is 13.1. The van der Waals surface area contributed by atoms with Crippen LogP contribution in [0.25, 0.3) is 10.9 Å². The van der Waals surface area contributed by atoms with Gasteiger partial charge in [-0.1, -0.05) is 19.1 Å². The second-order valence-corrected chi connectivity index (χ2v) is 8.47. The maximum absolute atomic E-state index is 13.0. The number of amides is 2. The number of fused-ring (bicyclic) bond motifs is 1. The molecule has 1 N–H and O–H groups in total. The van der Waals surface area contributed by atoms with E-state index in [1.807, 2.05) is 18.2 Å². The van der Waals surface area contributed by atoms with Crippen LogP contribution in [0.2, 0.25) is 0 Å². The SMILES string of the molecule is CC1CC(c2ccc(C#N)c3ncccc23)CN(C(=O)NCC2CC(F)(F)C2)C1.[HH]. The Hall–Kier alpha value is -2.75. The molecule has 2 unspecified atom stereocenters. The smallest absolute Gasteiger partial charge is 0.317 e. The maximum atomic E-state index is 13.0. The lowest BCUT2D eigenvalue weighted by Crippen LogP contribution is -2.50. The van der Waals surface area contributed by atoms with E-state index in [2.05, 4.69) is 23.3 Å². The average Bonchev–Trinajstić information content (AvgIpc) is 2.69. The van der Waals surface area contributed by atoms with Crippen molar-refractivity contribution in [1.82, 2.24) is 15.2 Å². The molecule has 1 aromatic heterocycles. The summed E-state index contributed by atoms with van der Waals surface area (Å²) in [5.41, 5.74) is 2.32. The van der Waals surface area contributed by atoms with Crippen molar-refractivity contribution in [1.29, 1.82) is 5.26 Å². The molecular formula is C22H26F2N4O. The van der Waals surface area contributed by atoms with Gasteiger partial charge in [-0.15, -0.1) is 0 Å². The van der Waals surface area contributed by atoms with Gasteiger partial charge >= 0.3 is 6.03 Å². The summed E-state index contributed by atoms with van der Waals surface area (Å²) >= 11 is 0. The number of rotatable bonds is 3. The summed E-state index contributed by atoms with van der Waals surface area (Å²) in [7, 11) is 0. The van der Waals surface area contributed by atoms with Gasteiger partial charge in [-0.3, -0.25) is 4.98 Å². The zero-order chi connectivity index (χ0) is 20.6. The molecule has 5 nitrogen and oxygen atoms in total. The zero-order valence-electron chi connectivity index (χ0n) is 16.4. The number of aromatic nitrogens is 1. The number of benzene rings is 1. The molecule has 2 heterocycles. The summed E-state index contributed by atoms with van der Waals surface area (Å²) < 4.78 is 26.0. The van der Waals surface area contributed by atoms with Gasteiger partial charge < -0.3 is 10.2 Å². The van der Waals surface area contributed by atoms with Crippen molar-refractivity contribution in [2.45, 2.75) is 38.0 Å². The number of pyridine rings is 1. The molecule has 1 aliphatic heterocycles. The molecule has 0 bridgehead atoms. The molecule has 29 heavy (non-hydrogen) atoms. The number of urea groups is 1. The minimum absolute atomic E-state index is 0. The van der Waals surface area contributed by atoms with Crippen molar-refractivity contribution in [2.24, 2.45) is 11.8 Å². The molecular weight excluding hydrogens is 374 g/mol. The maximum Gasteiger partial charge on any atom is 0.317 e. The second-order valence-electron chi connectivity index (χ2n) is 8.47. The van der Waals surface area contributed by atoms with E-state index in [9.17, 15) is 18.8 Å². The molecule has 2 fully saturated rings. The average molecular weight is 400 g/mol. The number of hydrogen-bond acceptors (Lipinski definition) is 3. The van der Waals surface area contributed by atoms with Gasteiger partial charge in [0, 0.05) is 51.4 Å². The number of nitriles is 1. The van der Waals surface area contributed by atoms with E-state index in [0.717, 1.165) is 17.4 Å². The lowest BCUT2D eigenvalue weighted by Gasteiger charge is -2.38. The normalized spacial score (nSPS) is 24.0. The van der Waals surface area contributed by atoms with Crippen molar-refractivity contribution >= 4 is 16.9 Å². The van der Waals surface area contributed by atoms with E-state index < -0.39 is 5.92 Å².